The van der Waals surface area contributed by atoms with E-state index in [1.165, 1.54) is 23.9 Å². The lowest BCUT2D eigenvalue weighted by Gasteiger charge is -2.35. The number of likely N-dealkylation sites (tertiary alicyclic amines) is 1. The standard InChI is InChI=1S/C20H27N5O3S.C2HF3O2/c26-18-19(27)25(10-15-4-2-1-3-5-15)22-16-12-28-20(14-24(16)18)6-8-23(13-20)11-17-21-7-9-29-17;3-2(4,5)1(6)7/h7,9,15H,1-6,8,10-14H2;(H,6,7). The number of hydrogen-bond acceptors (Lipinski definition) is 8. The fourth-order valence-corrected chi connectivity index (χ4v) is 5.63. The van der Waals surface area contributed by atoms with Crippen LogP contribution in [0.5, 0.6) is 0 Å². The first-order chi connectivity index (χ1) is 17.1. The second-order valence-electron chi connectivity index (χ2n) is 9.46. The van der Waals surface area contributed by atoms with Gasteiger partial charge in [-0.05, 0) is 25.2 Å². The summed E-state index contributed by atoms with van der Waals surface area (Å²) in [6.45, 7) is 3.67. The molecule has 1 spiro atoms. The lowest BCUT2D eigenvalue weighted by atomic mass is 9.89. The van der Waals surface area contributed by atoms with Crippen LogP contribution < -0.4 is 11.1 Å². The van der Waals surface area contributed by atoms with Crippen LogP contribution in [-0.4, -0.2) is 60.2 Å². The van der Waals surface area contributed by atoms with Gasteiger partial charge in [0.05, 0.1) is 13.1 Å². The van der Waals surface area contributed by atoms with Crippen molar-refractivity contribution >= 4 is 17.3 Å². The molecule has 198 valence electrons. The molecule has 0 radical (unpaired) electrons. The first kappa shape index (κ1) is 26.5. The predicted octanol–water partition coefficient (Wildman–Crippen LogP) is 2.25. The molecular formula is C22H28F3N5O5S. The third-order valence-corrected chi connectivity index (χ3v) is 7.56. The Balaban J connectivity index is 0.000000384. The zero-order chi connectivity index (χ0) is 25.9. The topological polar surface area (TPSA) is 120 Å². The SMILES string of the molecule is O=C(O)C(F)(F)F.O=c1c(=O)n2c(nn1CC1CCCCC1)COC1(CCN(Cc3nccs3)C1)C2. The van der Waals surface area contributed by atoms with Crippen molar-refractivity contribution < 1.29 is 27.8 Å². The molecule has 1 aliphatic carbocycles. The minimum atomic E-state index is -5.08. The number of carboxylic acids is 1. The second-order valence-corrected chi connectivity index (χ2v) is 10.4. The Morgan fingerprint density at radius 3 is 2.56 bits per heavy atom. The Labute approximate surface area is 208 Å². The van der Waals surface area contributed by atoms with Crippen molar-refractivity contribution in [2.75, 3.05) is 13.1 Å². The molecule has 1 saturated heterocycles. The fourth-order valence-electron chi connectivity index (χ4n) is 4.97. The number of thiazole rings is 1. The molecule has 1 atom stereocenters. The summed E-state index contributed by atoms with van der Waals surface area (Å²) in [6, 6.07) is 0. The Morgan fingerprint density at radius 1 is 1.19 bits per heavy atom. The Hall–Kier alpha value is -2.58. The molecule has 10 nitrogen and oxygen atoms in total. The highest BCUT2D eigenvalue weighted by Gasteiger charge is 2.43. The number of alkyl halides is 3. The Bertz CT molecular complexity index is 1180. The van der Waals surface area contributed by atoms with Gasteiger partial charge in [-0.25, -0.2) is 14.5 Å². The molecule has 0 aromatic carbocycles. The van der Waals surface area contributed by atoms with Gasteiger partial charge in [-0.1, -0.05) is 19.3 Å². The average Bonchev–Trinajstić information content (AvgIpc) is 3.49. The molecule has 5 rings (SSSR count). The number of nitrogens with zero attached hydrogens (tertiary/aromatic N) is 5. The van der Waals surface area contributed by atoms with E-state index in [4.69, 9.17) is 14.6 Å². The number of fused-ring (bicyclic) bond motifs is 1. The van der Waals surface area contributed by atoms with Crippen LogP contribution in [0.15, 0.2) is 21.2 Å². The maximum absolute atomic E-state index is 12.9. The van der Waals surface area contributed by atoms with E-state index in [0.717, 1.165) is 43.9 Å². The molecule has 3 aliphatic rings. The molecule has 1 N–H and O–H groups in total. The highest BCUT2D eigenvalue weighted by atomic mass is 32.1. The third-order valence-electron chi connectivity index (χ3n) is 6.80. The zero-order valence-corrected chi connectivity index (χ0v) is 20.4. The van der Waals surface area contributed by atoms with Crippen LogP contribution in [0.3, 0.4) is 0 Å². The van der Waals surface area contributed by atoms with E-state index in [9.17, 15) is 22.8 Å². The number of aliphatic carboxylic acids is 1. The highest BCUT2D eigenvalue weighted by Crippen LogP contribution is 2.32. The fraction of sp³-hybridized carbons (Fsp3) is 0.682. The van der Waals surface area contributed by atoms with Gasteiger partial charge >= 0.3 is 23.3 Å². The minimum Gasteiger partial charge on any atom is -0.475 e. The van der Waals surface area contributed by atoms with E-state index in [1.807, 2.05) is 11.6 Å². The first-order valence-corrected chi connectivity index (χ1v) is 12.7. The maximum atomic E-state index is 12.9. The van der Waals surface area contributed by atoms with Gasteiger partial charge in [0.25, 0.3) is 0 Å². The molecule has 2 aromatic rings. The molecule has 1 saturated carbocycles. The van der Waals surface area contributed by atoms with Gasteiger partial charge in [0.2, 0.25) is 0 Å². The summed E-state index contributed by atoms with van der Waals surface area (Å²) in [7, 11) is 0. The summed E-state index contributed by atoms with van der Waals surface area (Å²) in [4.78, 5) is 41.1. The third kappa shape index (κ3) is 6.21. The average molecular weight is 532 g/mol. The van der Waals surface area contributed by atoms with Crippen LogP contribution in [0.1, 0.15) is 49.4 Å². The molecule has 14 heteroatoms. The lowest BCUT2D eigenvalue weighted by molar-refractivity contribution is -0.192. The molecule has 2 fully saturated rings. The van der Waals surface area contributed by atoms with Crippen molar-refractivity contribution in [3.63, 3.8) is 0 Å². The highest BCUT2D eigenvalue weighted by molar-refractivity contribution is 7.09. The maximum Gasteiger partial charge on any atom is 0.490 e. The van der Waals surface area contributed by atoms with Gasteiger partial charge in [0.1, 0.15) is 17.2 Å². The number of rotatable bonds is 4. The first-order valence-electron chi connectivity index (χ1n) is 11.8. The number of carboxylic acid groups (broad SMARTS) is 1. The van der Waals surface area contributed by atoms with Crippen LogP contribution in [0, 0.1) is 5.92 Å². The molecule has 2 aliphatic heterocycles. The van der Waals surface area contributed by atoms with Crippen LogP contribution >= 0.6 is 11.3 Å². The molecule has 36 heavy (non-hydrogen) atoms. The molecule has 4 heterocycles. The molecule has 0 bridgehead atoms. The van der Waals surface area contributed by atoms with E-state index in [1.54, 1.807) is 15.9 Å². The Kier molecular flexibility index (Phi) is 7.95. The van der Waals surface area contributed by atoms with Crippen molar-refractivity contribution in [1.82, 2.24) is 24.2 Å². The zero-order valence-electron chi connectivity index (χ0n) is 19.6. The summed E-state index contributed by atoms with van der Waals surface area (Å²) in [6.07, 6.45) is 3.47. The minimum absolute atomic E-state index is 0.283. The van der Waals surface area contributed by atoms with Gasteiger partial charge in [0.15, 0.2) is 5.82 Å². The smallest absolute Gasteiger partial charge is 0.475 e. The van der Waals surface area contributed by atoms with Gasteiger partial charge < -0.3 is 9.84 Å². The number of aromatic nitrogens is 4. The van der Waals surface area contributed by atoms with Crippen molar-refractivity contribution in [1.29, 1.82) is 0 Å². The Morgan fingerprint density at radius 2 is 1.92 bits per heavy atom. The lowest BCUT2D eigenvalue weighted by Crippen LogP contribution is -2.53. The van der Waals surface area contributed by atoms with Gasteiger partial charge in [0, 0.05) is 31.2 Å². The molecule has 2 aromatic heterocycles. The summed E-state index contributed by atoms with van der Waals surface area (Å²) < 4.78 is 40.9. The van der Waals surface area contributed by atoms with Crippen molar-refractivity contribution in [3.05, 3.63) is 43.1 Å². The summed E-state index contributed by atoms with van der Waals surface area (Å²) in [5.41, 5.74) is -1.36. The summed E-state index contributed by atoms with van der Waals surface area (Å²) in [5.74, 6) is -1.73. The van der Waals surface area contributed by atoms with E-state index >= 15 is 0 Å². The number of halogens is 3. The van der Waals surface area contributed by atoms with E-state index < -0.39 is 28.9 Å². The monoisotopic (exact) mass is 531 g/mol. The van der Waals surface area contributed by atoms with E-state index in [-0.39, 0.29) is 6.61 Å². The van der Waals surface area contributed by atoms with Crippen LogP contribution in [0.2, 0.25) is 0 Å². The largest absolute Gasteiger partial charge is 0.490 e. The summed E-state index contributed by atoms with van der Waals surface area (Å²) >= 11 is 1.65. The molecular weight excluding hydrogens is 503 g/mol. The summed E-state index contributed by atoms with van der Waals surface area (Å²) in [5, 5.41) is 14.7. The predicted molar refractivity (Wildman–Crippen MR) is 123 cm³/mol. The van der Waals surface area contributed by atoms with E-state index in [2.05, 4.69) is 15.0 Å². The normalized spacial score (nSPS) is 22.8. The van der Waals surface area contributed by atoms with Crippen LogP contribution in [-0.2, 0) is 35.8 Å². The molecule has 1 unspecified atom stereocenters. The number of ether oxygens (including phenoxy) is 1. The van der Waals surface area contributed by atoms with Crippen LogP contribution in [0.4, 0.5) is 13.2 Å². The number of hydrogen-bond donors (Lipinski definition) is 1. The van der Waals surface area contributed by atoms with E-state index in [0.29, 0.717) is 24.8 Å². The van der Waals surface area contributed by atoms with Crippen LogP contribution in [0.25, 0.3) is 0 Å². The molecule has 0 amide bonds. The van der Waals surface area contributed by atoms with Gasteiger partial charge in [-0.2, -0.15) is 18.3 Å². The quantitative estimate of drug-likeness (QED) is 0.597. The second kappa shape index (κ2) is 10.8. The van der Waals surface area contributed by atoms with Crippen molar-refractivity contribution in [3.8, 4) is 0 Å². The van der Waals surface area contributed by atoms with Gasteiger partial charge in [-0.15, -0.1) is 11.3 Å². The van der Waals surface area contributed by atoms with Gasteiger partial charge in [-0.3, -0.25) is 19.1 Å². The number of carbonyl (C=O) groups is 1. The van der Waals surface area contributed by atoms with Crippen molar-refractivity contribution in [2.24, 2.45) is 5.92 Å². The van der Waals surface area contributed by atoms with Crippen molar-refractivity contribution in [2.45, 2.75) is 76.5 Å².